The molecule has 1 saturated heterocycles. The van der Waals surface area contributed by atoms with E-state index in [4.69, 9.17) is 0 Å². The Morgan fingerprint density at radius 3 is 2.71 bits per heavy atom. The molecule has 0 aliphatic carbocycles. The number of benzene rings is 2. The Kier molecular flexibility index (Phi) is 6.09. The van der Waals surface area contributed by atoms with Crippen LogP contribution in [-0.4, -0.2) is 55.8 Å². The molecule has 34 heavy (non-hydrogen) atoms. The predicted molar refractivity (Wildman–Crippen MR) is 134 cm³/mol. The number of aromatic nitrogens is 1. The zero-order valence-electron chi connectivity index (χ0n) is 18.7. The number of fused-ring (bicyclic) bond motifs is 1. The van der Waals surface area contributed by atoms with Gasteiger partial charge in [0.2, 0.25) is 11.7 Å². The first kappa shape index (κ1) is 22.5. The Hall–Kier alpha value is -3.24. The second-order valence-electron chi connectivity index (χ2n) is 8.55. The smallest absolute Gasteiger partial charge is 0.288 e. The van der Waals surface area contributed by atoms with Crippen LogP contribution in [0.25, 0.3) is 0 Å². The minimum absolute atomic E-state index is 0.0219. The molecule has 3 aromatic rings. The van der Waals surface area contributed by atoms with Crippen LogP contribution < -0.4 is 14.9 Å². The number of para-hydroxylation sites is 1. The molecule has 0 saturated carbocycles. The average Bonchev–Trinajstić information content (AvgIpc) is 3.47. The summed E-state index contributed by atoms with van der Waals surface area (Å²) in [6.45, 7) is 4.19. The third-order valence-corrected chi connectivity index (χ3v) is 8.44. The summed E-state index contributed by atoms with van der Waals surface area (Å²) in [4.78, 5) is 19.1. The van der Waals surface area contributed by atoms with Crippen LogP contribution in [0.3, 0.4) is 0 Å². The fourth-order valence-corrected chi connectivity index (χ4v) is 6.10. The van der Waals surface area contributed by atoms with E-state index in [0.29, 0.717) is 17.6 Å². The molecule has 1 fully saturated rings. The molecule has 1 aromatic heterocycles. The van der Waals surface area contributed by atoms with Crippen molar-refractivity contribution in [3.63, 3.8) is 0 Å². The van der Waals surface area contributed by atoms with Gasteiger partial charge in [-0.1, -0.05) is 18.2 Å². The molecule has 2 aliphatic rings. The van der Waals surface area contributed by atoms with Gasteiger partial charge in [0.1, 0.15) is 0 Å². The third kappa shape index (κ3) is 4.55. The molecule has 5 rings (SSSR count). The lowest BCUT2D eigenvalue weighted by Gasteiger charge is -2.41. The van der Waals surface area contributed by atoms with Crippen molar-refractivity contribution < 1.29 is 17.8 Å². The van der Waals surface area contributed by atoms with Crippen molar-refractivity contribution in [2.24, 2.45) is 5.92 Å². The maximum absolute atomic E-state index is 12.7. The zero-order chi connectivity index (χ0) is 23.7. The van der Waals surface area contributed by atoms with E-state index in [0.717, 1.165) is 30.9 Å². The second kappa shape index (κ2) is 9.19. The van der Waals surface area contributed by atoms with Gasteiger partial charge in [0.25, 0.3) is 15.9 Å². The zero-order valence-corrected chi connectivity index (χ0v) is 20.3. The molecule has 10 heteroatoms. The molecule has 0 spiro atoms. The number of sulfonamides is 1. The number of nitrogens with one attached hydrogen (secondary N) is 2. The molecule has 176 valence electrons. The molecule has 2 N–H and O–H groups in total. The SMILES string of the molecule is C[C@@H](C(=O)NCC1CN(c2ccc(S(=O)(=O)Nc3nccs3)cc2)C1)[N+]1=CCc2ccccc21. The molecular weight excluding hydrogens is 470 g/mol. The van der Waals surface area contributed by atoms with Crippen LogP contribution >= 0.6 is 11.3 Å². The van der Waals surface area contributed by atoms with Crippen molar-refractivity contribution >= 4 is 50.0 Å². The summed E-state index contributed by atoms with van der Waals surface area (Å²) in [6, 6.07) is 14.7. The normalized spacial score (nSPS) is 16.4. The van der Waals surface area contributed by atoms with Crippen molar-refractivity contribution in [3.8, 4) is 0 Å². The molecule has 8 nitrogen and oxygen atoms in total. The Labute approximate surface area is 203 Å². The van der Waals surface area contributed by atoms with Crippen molar-refractivity contribution in [2.45, 2.75) is 24.3 Å². The molecule has 2 aromatic carbocycles. The van der Waals surface area contributed by atoms with E-state index in [1.165, 1.54) is 16.9 Å². The molecular formula is C24H26N5O3S2+. The first-order valence-corrected chi connectivity index (χ1v) is 13.5. The summed E-state index contributed by atoms with van der Waals surface area (Å²) in [7, 11) is -3.65. The molecule has 3 heterocycles. The average molecular weight is 497 g/mol. The van der Waals surface area contributed by atoms with Crippen molar-refractivity contribution in [1.82, 2.24) is 10.3 Å². The van der Waals surface area contributed by atoms with E-state index in [9.17, 15) is 13.2 Å². The quantitative estimate of drug-likeness (QED) is 0.468. The third-order valence-electron chi connectivity index (χ3n) is 6.26. The predicted octanol–water partition coefficient (Wildman–Crippen LogP) is 2.86. The van der Waals surface area contributed by atoms with Gasteiger partial charge in [0.15, 0.2) is 11.3 Å². The first-order chi connectivity index (χ1) is 16.4. The van der Waals surface area contributed by atoms with Gasteiger partial charge in [0, 0.05) is 61.4 Å². The van der Waals surface area contributed by atoms with E-state index < -0.39 is 10.0 Å². The van der Waals surface area contributed by atoms with E-state index in [-0.39, 0.29) is 16.8 Å². The molecule has 0 bridgehead atoms. The van der Waals surface area contributed by atoms with Gasteiger partial charge in [-0.05, 0) is 24.3 Å². The van der Waals surface area contributed by atoms with Crippen LogP contribution in [0.1, 0.15) is 12.5 Å². The van der Waals surface area contributed by atoms with Crippen LogP contribution in [-0.2, 0) is 21.2 Å². The Bertz CT molecular complexity index is 1310. The Balaban J connectivity index is 1.10. The summed E-state index contributed by atoms with van der Waals surface area (Å²) >= 11 is 1.23. The highest BCUT2D eigenvalue weighted by molar-refractivity contribution is 7.93. The van der Waals surface area contributed by atoms with Crippen molar-refractivity contribution in [3.05, 3.63) is 65.7 Å². The van der Waals surface area contributed by atoms with Gasteiger partial charge in [0.05, 0.1) is 11.3 Å². The van der Waals surface area contributed by atoms with Crippen LogP contribution in [0.4, 0.5) is 16.5 Å². The fraction of sp³-hybridized carbons (Fsp3) is 0.292. The molecule has 2 aliphatic heterocycles. The molecule has 0 unspecified atom stereocenters. The minimum Gasteiger partial charge on any atom is -0.371 e. The number of carbonyl (C=O) groups excluding carboxylic acids is 1. The highest BCUT2D eigenvalue weighted by Crippen LogP contribution is 2.27. The number of thiazole rings is 1. The van der Waals surface area contributed by atoms with E-state index in [1.807, 2.05) is 31.2 Å². The van der Waals surface area contributed by atoms with Crippen LogP contribution in [0.5, 0.6) is 0 Å². The Morgan fingerprint density at radius 2 is 1.97 bits per heavy atom. The van der Waals surface area contributed by atoms with Crippen molar-refractivity contribution in [2.75, 3.05) is 29.3 Å². The number of nitrogens with zero attached hydrogens (tertiary/aromatic N) is 3. The van der Waals surface area contributed by atoms with Gasteiger partial charge in [-0.3, -0.25) is 9.52 Å². The van der Waals surface area contributed by atoms with E-state index >= 15 is 0 Å². The number of carbonyl (C=O) groups is 1. The fourth-order valence-electron chi connectivity index (χ4n) is 4.31. The van der Waals surface area contributed by atoms with Crippen LogP contribution in [0.2, 0.25) is 0 Å². The van der Waals surface area contributed by atoms with Crippen LogP contribution in [0.15, 0.2) is 65.0 Å². The standard InChI is InChI=1S/C24H25N5O3S2/c1-17(29-12-10-19-4-2-3-5-22(19)29)23(30)26-14-18-15-28(16-18)20-6-8-21(9-7-20)34(31,32)27-24-25-11-13-33-24/h2-9,11-13,17-18H,10,14-16H2,1H3,(H-,25,26,27,30)/p+1/t17-/m0/s1. The summed E-state index contributed by atoms with van der Waals surface area (Å²) in [6.07, 6.45) is 4.49. The van der Waals surface area contributed by atoms with Gasteiger partial charge < -0.3 is 10.2 Å². The van der Waals surface area contributed by atoms with E-state index in [2.05, 4.69) is 42.8 Å². The second-order valence-corrected chi connectivity index (χ2v) is 11.1. The minimum atomic E-state index is -3.65. The first-order valence-electron chi connectivity index (χ1n) is 11.2. The largest absolute Gasteiger partial charge is 0.371 e. The highest BCUT2D eigenvalue weighted by Gasteiger charge is 2.33. The number of rotatable bonds is 8. The van der Waals surface area contributed by atoms with E-state index in [1.54, 1.807) is 23.7 Å². The van der Waals surface area contributed by atoms with Crippen LogP contribution in [0, 0.1) is 5.92 Å². The summed E-state index contributed by atoms with van der Waals surface area (Å²) in [5, 5.41) is 5.16. The maximum Gasteiger partial charge on any atom is 0.288 e. The topological polar surface area (TPSA) is 94.4 Å². The maximum atomic E-state index is 12.7. The summed E-state index contributed by atoms with van der Waals surface area (Å²) in [5.41, 5.74) is 3.31. The van der Waals surface area contributed by atoms with Gasteiger partial charge >= 0.3 is 0 Å². The van der Waals surface area contributed by atoms with Gasteiger partial charge in [-0.15, -0.1) is 11.3 Å². The lowest BCUT2D eigenvalue weighted by molar-refractivity contribution is -0.458. The lowest BCUT2D eigenvalue weighted by Crippen LogP contribution is -2.52. The summed E-state index contributed by atoms with van der Waals surface area (Å²) < 4.78 is 29.5. The highest BCUT2D eigenvalue weighted by atomic mass is 32.2. The number of hydrogen-bond donors (Lipinski definition) is 2. The number of anilines is 2. The Morgan fingerprint density at radius 1 is 1.21 bits per heavy atom. The molecule has 0 radical (unpaired) electrons. The monoisotopic (exact) mass is 496 g/mol. The number of hydrogen-bond acceptors (Lipinski definition) is 6. The number of amides is 1. The van der Waals surface area contributed by atoms with Gasteiger partial charge in [-0.25, -0.2) is 13.4 Å². The molecule has 1 atom stereocenters. The van der Waals surface area contributed by atoms with Gasteiger partial charge in [-0.2, -0.15) is 4.58 Å². The van der Waals surface area contributed by atoms with Crippen molar-refractivity contribution in [1.29, 1.82) is 0 Å². The lowest BCUT2D eigenvalue weighted by atomic mass is 9.99. The molecule has 1 amide bonds. The summed E-state index contributed by atoms with van der Waals surface area (Å²) in [5.74, 6) is 0.384.